The van der Waals surface area contributed by atoms with Crippen LogP contribution in [0.2, 0.25) is 0 Å². The summed E-state index contributed by atoms with van der Waals surface area (Å²) in [5.74, 6) is 2.32. The molecular weight excluding hydrogens is 295 g/mol. The fourth-order valence-electron chi connectivity index (χ4n) is 3.48. The van der Waals surface area contributed by atoms with E-state index in [4.69, 9.17) is 0 Å². The second kappa shape index (κ2) is 5.69. The monoisotopic (exact) mass is 316 g/mol. The smallest absolute Gasteiger partial charge is 0.146 e. The van der Waals surface area contributed by atoms with Gasteiger partial charge in [-0.2, -0.15) is 0 Å². The molecule has 1 saturated carbocycles. The Kier molecular flexibility index (Phi) is 3.66. The van der Waals surface area contributed by atoms with Crippen molar-refractivity contribution in [3.8, 4) is 0 Å². The van der Waals surface area contributed by atoms with Gasteiger partial charge in [0, 0.05) is 25.6 Å². The van der Waals surface area contributed by atoms with Crippen LogP contribution in [0.25, 0.3) is 0 Å². The summed E-state index contributed by atoms with van der Waals surface area (Å²) in [7, 11) is 2.02. The summed E-state index contributed by atoms with van der Waals surface area (Å²) in [6.45, 7) is 1.25. The quantitative estimate of drug-likeness (QED) is 0.939. The molecule has 122 valence electrons. The molecule has 1 aliphatic heterocycles. The van der Waals surface area contributed by atoms with Crippen LogP contribution >= 0.6 is 0 Å². The van der Waals surface area contributed by atoms with E-state index in [2.05, 4.69) is 19.7 Å². The maximum atomic E-state index is 13.1. The number of likely N-dealkylation sites (tertiary alicyclic amines) is 1. The third-order valence-corrected chi connectivity index (χ3v) is 4.92. The van der Waals surface area contributed by atoms with Gasteiger partial charge in [-0.3, -0.25) is 4.90 Å². The first-order valence-corrected chi connectivity index (χ1v) is 8.17. The number of halogens is 1. The van der Waals surface area contributed by atoms with Crippen molar-refractivity contribution in [1.82, 2.24) is 19.7 Å². The predicted molar refractivity (Wildman–Crippen MR) is 83.2 cm³/mol. The van der Waals surface area contributed by atoms with Crippen molar-refractivity contribution < 1.29 is 9.50 Å². The molecule has 2 heterocycles. The minimum atomic E-state index is -0.360. The van der Waals surface area contributed by atoms with Crippen LogP contribution in [0.1, 0.15) is 48.4 Å². The molecule has 1 N–H and O–H groups in total. The second-order valence-electron chi connectivity index (χ2n) is 6.69. The van der Waals surface area contributed by atoms with E-state index in [0.29, 0.717) is 25.4 Å². The average molecular weight is 316 g/mol. The van der Waals surface area contributed by atoms with E-state index in [9.17, 15) is 9.50 Å². The summed E-state index contributed by atoms with van der Waals surface area (Å²) in [5, 5.41) is 18.7. The molecular formula is C17H21FN4O. The Morgan fingerprint density at radius 2 is 1.96 bits per heavy atom. The third-order valence-electron chi connectivity index (χ3n) is 4.92. The molecule has 0 unspecified atom stereocenters. The highest BCUT2D eigenvalue weighted by atomic mass is 19.1. The number of aromatic nitrogens is 3. The number of aliphatic hydroxyl groups excluding tert-OH is 1. The van der Waals surface area contributed by atoms with Crippen LogP contribution in [0.15, 0.2) is 24.3 Å². The molecule has 2 fully saturated rings. The van der Waals surface area contributed by atoms with Gasteiger partial charge in [-0.1, -0.05) is 12.1 Å². The molecule has 4 rings (SSSR count). The Morgan fingerprint density at radius 1 is 1.22 bits per heavy atom. The number of hydrogen-bond acceptors (Lipinski definition) is 4. The molecule has 0 bridgehead atoms. The van der Waals surface area contributed by atoms with E-state index in [0.717, 1.165) is 17.2 Å². The minimum absolute atomic E-state index is 0.0895. The van der Waals surface area contributed by atoms with Crippen LogP contribution in [0.3, 0.4) is 0 Å². The minimum Gasteiger partial charge on any atom is -0.392 e. The van der Waals surface area contributed by atoms with Crippen molar-refractivity contribution in [3.05, 3.63) is 47.3 Å². The normalized spacial score (nSPS) is 25.2. The fourth-order valence-corrected chi connectivity index (χ4v) is 3.48. The molecule has 6 heteroatoms. The molecule has 0 amide bonds. The van der Waals surface area contributed by atoms with Gasteiger partial charge in [-0.15, -0.1) is 10.2 Å². The first kappa shape index (κ1) is 14.8. The van der Waals surface area contributed by atoms with Gasteiger partial charge < -0.3 is 9.67 Å². The second-order valence-corrected chi connectivity index (χ2v) is 6.69. The van der Waals surface area contributed by atoms with Gasteiger partial charge in [-0.25, -0.2) is 4.39 Å². The van der Waals surface area contributed by atoms with Crippen molar-refractivity contribution in [2.75, 3.05) is 6.54 Å². The molecule has 0 spiro atoms. The Hall–Kier alpha value is -1.79. The molecule has 5 nitrogen and oxygen atoms in total. The number of aliphatic hydroxyl groups is 1. The molecule has 1 aromatic carbocycles. The first-order chi connectivity index (χ1) is 11.1. The number of hydrogen-bond donors (Lipinski definition) is 1. The number of rotatable bonds is 4. The van der Waals surface area contributed by atoms with Crippen LogP contribution in [0, 0.1) is 5.82 Å². The fraction of sp³-hybridized carbons (Fsp3) is 0.529. The van der Waals surface area contributed by atoms with Gasteiger partial charge in [-0.05, 0) is 37.0 Å². The number of benzene rings is 1. The largest absolute Gasteiger partial charge is 0.392 e. The highest BCUT2D eigenvalue weighted by Gasteiger charge is 2.34. The summed E-state index contributed by atoms with van der Waals surface area (Å²) < 4.78 is 15.2. The maximum absolute atomic E-state index is 13.1. The third kappa shape index (κ3) is 2.88. The van der Waals surface area contributed by atoms with E-state index in [1.807, 2.05) is 7.05 Å². The van der Waals surface area contributed by atoms with Crippen LogP contribution in [0.4, 0.5) is 4.39 Å². The Labute approximate surface area is 134 Å². The topological polar surface area (TPSA) is 54.2 Å². The van der Waals surface area contributed by atoms with Crippen molar-refractivity contribution in [2.45, 2.75) is 43.9 Å². The van der Waals surface area contributed by atoms with E-state index < -0.39 is 0 Å². The van der Waals surface area contributed by atoms with E-state index in [1.165, 1.54) is 25.0 Å². The molecule has 1 aliphatic carbocycles. The van der Waals surface area contributed by atoms with Crippen LogP contribution in [-0.2, 0) is 13.6 Å². The van der Waals surface area contributed by atoms with Crippen molar-refractivity contribution in [3.63, 3.8) is 0 Å². The maximum Gasteiger partial charge on any atom is 0.146 e. The summed E-state index contributed by atoms with van der Waals surface area (Å²) in [5.41, 5.74) is 1.03. The molecule has 2 aromatic rings. The lowest BCUT2D eigenvalue weighted by atomic mass is 10.0. The molecule has 23 heavy (non-hydrogen) atoms. The first-order valence-electron chi connectivity index (χ1n) is 8.17. The summed E-state index contributed by atoms with van der Waals surface area (Å²) >= 11 is 0. The van der Waals surface area contributed by atoms with Crippen molar-refractivity contribution >= 4 is 0 Å². The van der Waals surface area contributed by atoms with Gasteiger partial charge >= 0.3 is 0 Å². The highest BCUT2D eigenvalue weighted by molar-refractivity contribution is 5.22. The average Bonchev–Trinajstić information content (AvgIpc) is 3.22. The Balaban J connectivity index is 1.55. The van der Waals surface area contributed by atoms with Gasteiger partial charge in [0.2, 0.25) is 0 Å². The van der Waals surface area contributed by atoms with Crippen molar-refractivity contribution in [2.24, 2.45) is 7.05 Å². The zero-order valence-corrected chi connectivity index (χ0v) is 13.2. The molecule has 1 aromatic heterocycles. The lowest BCUT2D eigenvalue weighted by Gasteiger charge is -2.24. The molecule has 2 aliphatic rings. The summed E-state index contributed by atoms with van der Waals surface area (Å²) in [6, 6.07) is 6.65. The van der Waals surface area contributed by atoms with Gasteiger partial charge in [0.1, 0.15) is 17.5 Å². The van der Waals surface area contributed by atoms with E-state index in [1.54, 1.807) is 12.1 Å². The standard InChI is InChI=1S/C17H21FN4O/c1-21-16(19-20-17(21)12-2-3-12)10-22-9-14(23)8-15(22)11-4-6-13(18)7-5-11/h4-7,12,14-15,23H,2-3,8-10H2,1H3/t14-,15+/m0/s1. The van der Waals surface area contributed by atoms with Gasteiger partial charge in [0.15, 0.2) is 0 Å². The Morgan fingerprint density at radius 3 is 2.65 bits per heavy atom. The van der Waals surface area contributed by atoms with Gasteiger partial charge in [0.05, 0.1) is 12.6 Å². The Bertz CT molecular complexity index is 695. The zero-order valence-electron chi connectivity index (χ0n) is 13.2. The molecule has 1 saturated heterocycles. The van der Waals surface area contributed by atoms with Gasteiger partial charge in [0.25, 0.3) is 0 Å². The van der Waals surface area contributed by atoms with Crippen LogP contribution in [0.5, 0.6) is 0 Å². The predicted octanol–water partition coefficient (Wildman–Crippen LogP) is 2.14. The lowest BCUT2D eigenvalue weighted by Crippen LogP contribution is -2.26. The lowest BCUT2D eigenvalue weighted by molar-refractivity contribution is 0.171. The molecule has 2 atom stereocenters. The van der Waals surface area contributed by atoms with Crippen LogP contribution in [-0.4, -0.2) is 37.4 Å². The SMILES string of the molecule is Cn1c(CN2C[C@@H](O)C[C@@H]2c2ccc(F)cc2)nnc1C1CC1. The van der Waals surface area contributed by atoms with E-state index >= 15 is 0 Å². The zero-order chi connectivity index (χ0) is 16.0. The number of nitrogens with zero attached hydrogens (tertiary/aromatic N) is 4. The highest BCUT2D eigenvalue weighted by Crippen LogP contribution is 2.39. The number of β-amino-alcohol motifs (C(OH)–C–C–N with tert-alkyl or cyclic N) is 1. The van der Waals surface area contributed by atoms with Crippen LogP contribution < -0.4 is 0 Å². The summed E-state index contributed by atoms with van der Waals surface area (Å²) in [6.07, 6.45) is 2.71. The molecule has 0 radical (unpaired) electrons. The van der Waals surface area contributed by atoms with E-state index in [-0.39, 0.29) is 18.0 Å². The summed E-state index contributed by atoms with van der Waals surface area (Å²) in [4.78, 5) is 2.21. The van der Waals surface area contributed by atoms with Crippen molar-refractivity contribution in [1.29, 1.82) is 0 Å².